The van der Waals surface area contributed by atoms with E-state index in [1.165, 1.54) is 5.01 Å². The number of hydrogen-bond donors (Lipinski definition) is 1. The van der Waals surface area contributed by atoms with E-state index in [1.54, 1.807) is 18.2 Å². The molecule has 2 aromatic carbocycles. The number of nitrogens with zero attached hydrogens (tertiary/aromatic N) is 2. The minimum Gasteiger partial charge on any atom is -0.481 e. The van der Waals surface area contributed by atoms with Gasteiger partial charge in [0.2, 0.25) is 0 Å². The molecule has 31 heavy (non-hydrogen) atoms. The quantitative estimate of drug-likeness (QED) is 0.397. The zero-order valence-electron chi connectivity index (χ0n) is 17.3. The molecule has 1 saturated heterocycles. The molecule has 0 spiro atoms. The summed E-state index contributed by atoms with van der Waals surface area (Å²) in [6.45, 7) is 4.15. The van der Waals surface area contributed by atoms with Gasteiger partial charge in [-0.1, -0.05) is 24.1 Å². The van der Waals surface area contributed by atoms with Gasteiger partial charge in [-0.3, -0.25) is 15.0 Å². The molecule has 1 aromatic heterocycles. The van der Waals surface area contributed by atoms with E-state index in [2.05, 4.69) is 15.9 Å². The second-order valence-corrected chi connectivity index (χ2v) is 7.12. The number of nitrogens with one attached hydrogen (secondary N) is 1. The lowest BCUT2D eigenvalue weighted by atomic mass is 10.1. The van der Waals surface area contributed by atoms with Gasteiger partial charge in [-0.2, -0.15) is 0 Å². The maximum absolute atomic E-state index is 12.9. The van der Waals surface area contributed by atoms with Crippen molar-refractivity contribution in [3.8, 4) is 23.8 Å². The third kappa shape index (κ3) is 3.81. The lowest BCUT2D eigenvalue weighted by Gasteiger charge is -2.13. The Morgan fingerprint density at radius 3 is 2.42 bits per heavy atom. The summed E-state index contributed by atoms with van der Waals surface area (Å²) in [4.78, 5) is 25.4. The fourth-order valence-corrected chi connectivity index (χ4v) is 3.62. The smallest absolute Gasteiger partial charge is 0.282 e. The first-order chi connectivity index (χ1) is 15.0. The van der Waals surface area contributed by atoms with E-state index in [4.69, 9.17) is 11.2 Å². The van der Waals surface area contributed by atoms with Crippen molar-refractivity contribution >= 4 is 23.6 Å². The van der Waals surface area contributed by atoms with Gasteiger partial charge in [0, 0.05) is 17.1 Å². The predicted molar refractivity (Wildman–Crippen MR) is 120 cm³/mol. The highest BCUT2D eigenvalue weighted by Crippen LogP contribution is 2.26. The number of aryl methyl sites for hydroxylation is 1. The Balaban J connectivity index is 1.64. The highest BCUT2D eigenvalue weighted by molar-refractivity contribution is 6.31. The Hall–Kier alpha value is -4.24. The van der Waals surface area contributed by atoms with Crippen molar-refractivity contribution in [2.75, 3.05) is 11.6 Å². The van der Waals surface area contributed by atoms with Gasteiger partial charge in [0.25, 0.3) is 11.8 Å². The Labute approximate surface area is 180 Å². The van der Waals surface area contributed by atoms with Gasteiger partial charge in [0.15, 0.2) is 0 Å². The minimum absolute atomic E-state index is 0.0992. The van der Waals surface area contributed by atoms with Crippen molar-refractivity contribution in [2.45, 2.75) is 13.8 Å². The van der Waals surface area contributed by atoms with Crippen molar-refractivity contribution in [3.05, 3.63) is 83.2 Å². The summed E-state index contributed by atoms with van der Waals surface area (Å²) < 4.78 is 7.49. The first-order valence-electron chi connectivity index (χ1n) is 9.77. The first kappa shape index (κ1) is 20.0. The molecule has 0 aliphatic carbocycles. The number of carbonyl (C=O) groups is 2. The van der Waals surface area contributed by atoms with Crippen LogP contribution in [0, 0.1) is 26.2 Å². The number of hydrogen-bond acceptors (Lipinski definition) is 3. The molecule has 0 atom stereocenters. The third-order valence-corrected chi connectivity index (χ3v) is 5.09. The molecule has 0 radical (unpaired) electrons. The Bertz CT molecular complexity index is 1220. The van der Waals surface area contributed by atoms with Crippen LogP contribution in [-0.2, 0) is 9.59 Å². The molecule has 1 N–H and O–H groups in total. The number of carbonyl (C=O) groups excluding carboxylic acids is 2. The van der Waals surface area contributed by atoms with Crippen LogP contribution in [0.2, 0.25) is 0 Å². The van der Waals surface area contributed by atoms with Gasteiger partial charge in [0.05, 0.1) is 5.69 Å². The van der Waals surface area contributed by atoms with E-state index >= 15 is 0 Å². The zero-order chi connectivity index (χ0) is 22.0. The number of para-hydroxylation sites is 1. The van der Waals surface area contributed by atoms with E-state index in [0.29, 0.717) is 11.4 Å². The molecular weight excluding hydrogens is 390 g/mol. The molecule has 3 aromatic rings. The Kier molecular flexibility index (Phi) is 5.33. The molecule has 0 saturated carbocycles. The number of rotatable bonds is 5. The Morgan fingerprint density at radius 2 is 1.74 bits per heavy atom. The standard InChI is InChI=1S/C25H21N3O3/c1-4-14-31-22-12-10-20(11-13-22)27-17(2)15-19(18(27)3)16-23-24(29)26-28(25(23)30)21-8-6-5-7-9-21/h1,5-13,15-16H,14H2,2-3H3,(H,26,29). The molecule has 4 rings (SSSR count). The van der Waals surface area contributed by atoms with Crippen LogP contribution in [0.1, 0.15) is 17.0 Å². The highest BCUT2D eigenvalue weighted by atomic mass is 16.5. The predicted octanol–water partition coefficient (Wildman–Crippen LogP) is 3.57. The summed E-state index contributed by atoms with van der Waals surface area (Å²) in [5.74, 6) is 2.34. The highest BCUT2D eigenvalue weighted by Gasteiger charge is 2.34. The van der Waals surface area contributed by atoms with Crippen LogP contribution >= 0.6 is 0 Å². The second kappa shape index (κ2) is 8.25. The SMILES string of the molecule is C#CCOc1ccc(-n2c(C)cc(C=C3C(=O)NN(c4ccccc4)C3=O)c2C)cc1. The third-order valence-electron chi connectivity index (χ3n) is 5.09. The van der Waals surface area contributed by atoms with Crippen LogP contribution in [-0.4, -0.2) is 23.0 Å². The van der Waals surface area contributed by atoms with Crippen molar-refractivity contribution in [1.82, 2.24) is 9.99 Å². The number of hydrazine groups is 1. The average molecular weight is 411 g/mol. The monoisotopic (exact) mass is 411 g/mol. The fourth-order valence-electron chi connectivity index (χ4n) is 3.62. The zero-order valence-corrected chi connectivity index (χ0v) is 17.3. The average Bonchev–Trinajstić information content (AvgIpc) is 3.23. The van der Waals surface area contributed by atoms with Gasteiger partial charge in [-0.05, 0) is 68.0 Å². The molecule has 2 amide bonds. The largest absolute Gasteiger partial charge is 0.481 e. The summed E-state index contributed by atoms with van der Waals surface area (Å²) in [7, 11) is 0. The van der Waals surface area contributed by atoms with Crippen LogP contribution in [0.5, 0.6) is 5.75 Å². The molecule has 1 aliphatic heterocycles. The molecule has 1 fully saturated rings. The second-order valence-electron chi connectivity index (χ2n) is 7.12. The summed E-state index contributed by atoms with van der Waals surface area (Å²) in [5.41, 5.74) is 6.99. The Morgan fingerprint density at radius 1 is 1.03 bits per heavy atom. The molecule has 0 bridgehead atoms. The van der Waals surface area contributed by atoms with Crippen molar-refractivity contribution in [2.24, 2.45) is 0 Å². The number of anilines is 1. The normalized spacial score (nSPS) is 14.6. The van der Waals surface area contributed by atoms with Crippen LogP contribution in [0.3, 0.4) is 0 Å². The maximum atomic E-state index is 12.9. The first-order valence-corrected chi connectivity index (χ1v) is 9.77. The van der Waals surface area contributed by atoms with Gasteiger partial charge in [-0.15, -0.1) is 6.42 Å². The number of ether oxygens (including phenoxy) is 1. The summed E-state index contributed by atoms with van der Waals surface area (Å²) in [6, 6.07) is 18.6. The van der Waals surface area contributed by atoms with Gasteiger partial charge in [0.1, 0.15) is 17.9 Å². The van der Waals surface area contributed by atoms with Crippen LogP contribution in [0.25, 0.3) is 11.8 Å². The summed E-state index contributed by atoms with van der Waals surface area (Å²) in [6.07, 6.45) is 6.87. The van der Waals surface area contributed by atoms with Gasteiger partial charge in [-0.25, -0.2) is 5.01 Å². The lowest BCUT2D eigenvalue weighted by molar-refractivity contribution is -0.117. The van der Waals surface area contributed by atoms with E-state index in [-0.39, 0.29) is 18.1 Å². The molecule has 154 valence electrons. The lowest BCUT2D eigenvalue weighted by Crippen LogP contribution is -2.35. The maximum Gasteiger partial charge on any atom is 0.282 e. The molecule has 0 unspecified atom stereocenters. The van der Waals surface area contributed by atoms with Gasteiger partial charge >= 0.3 is 0 Å². The van der Waals surface area contributed by atoms with E-state index in [1.807, 2.05) is 62.4 Å². The van der Waals surface area contributed by atoms with Gasteiger partial charge < -0.3 is 9.30 Å². The number of aromatic nitrogens is 1. The topological polar surface area (TPSA) is 63.6 Å². The van der Waals surface area contributed by atoms with Crippen molar-refractivity contribution in [1.29, 1.82) is 0 Å². The molecule has 1 aliphatic rings. The van der Waals surface area contributed by atoms with E-state index in [9.17, 15) is 9.59 Å². The van der Waals surface area contributed by atoms with E-state index < -0.39 is 5.91 Å². The fraction of sp³-hybridized carbons (Fsp3) is 0.120. The van der Waals surface area contributed by atoms with E-state index in [0.717, 1.165) is 22.6 Å². The number of terminal acetylenes is 1. The molecular formula is C25H21N3O3. The summed E-state index contributed by atoms with van der Waals surface area (Å²) >= 11 is 0. The van der Waals surface area contributed by atoms with Crippen molar-refractivity contribution in [3.63, 3.8) is 0 Å². The molecule has 6 nitrogen and oxygen atoms in total. The van der Waals surface area contributed by atoms with Crippen LogP contribution in [0.15, 0.2) is 66.2 Å². The number of amides is 2. The number of benzene rings is 2. The molecule has 2 heterocycles. The summed E-state index contributed by atoms with van der Waals surface area (Å²) in [5, 5.41) is 1.27. The van der Waals surface area contributed by atoms with Crippen LogP contribution < -0.4 is 15.2 Å². The minimum atomic E-state index is -0.423. The molecule has 6 heteroatoms. The van der Waals surface area contributed by atoms with Crippen LogP contribution in [0.4, 0.5) is 5.69 Å². The van der Waals surface area contributed by atoms with Crippen molar-refractivity contribution < 1.29 is 14.3 Å².